The Labute approximate surface area is 43.1 Å². The molecule has 0 saturated heterocycles. The van der Waals surface area contributed by atoms with Gasteiger partial charge in [0, 0.05) is 0 Å². The number of rotatable bonds is 2. The molecule has 0 aromatic heterocycles. The minimum atomic E-state index is -0.139. The summed E-state index contributed by atoms with van der Waals surface area (Å²) in [5.74, 6) is 0. The van der Waals surface area contributed by atoms with E-state index in [9.17, 15) is 0 Å². The van der Waals surface area contributed by atoms with E-state index in [0.717, 1.165) is 5.21 Å². The summed E-state index contributed by atoms with van der Waals surface area (Å²) in [4.78, 5) is 0. The number of hydrogen-bond acceptors (Lipinski definition) is 0. The van der Waals surface area contributed by atoms with Crippen LogP contribution in [0.2, 0.25) is 5.21 Å². The van der Waals surface area contributed by atoms with Gasteiger partial charge in [-0.15, -0.1) is 0 Å². The van der Waals surface area contributed by atoms with Crippen LogP contribution in [-0.2, 0) is 0 Å². The van der Waals surface area contributed by atoms with Gasteiger partial charge in [-0.3, -0.25) is 0 Å². The summed E-state index contributed by atoms with van der Waals surface area (Å²) in [7, 11) is 5.36. The Morgan fingerprint density at radius 1 is 2.00 bits per heavy atom. The summed E-state index contributed by atoms with van der Waals surface area (Å²) in [6.45, 7) is 3.50. The third-order valence-corrected chi connectivity index (χ3v) is 1.95. The first-order valence-electron chi connectivity index (χ1n) is 1.36. The van der Waals surface area contributed by atoms with Crippen molar-refractivity contribution in [2.75, 3.05) is 0 Å². The first kappa shape index (κ1) is 5.59. The summed E-state index contributed by atoms with van der Waals surface area (Å²) in [6.07, 6.45) is 1.85. The van der Waals surface area contributed by atoms with Crippen LogP contribution in [0.15, 0.2) is 12.7 Å². The molecule has 0 heterocycles. The Hall–Kier alpha value is 0.588. The predicted octanol–water partition coefficient (Wildman–Crippen LogP) is 1.18. The zero-order chi connectivity index (χ0) is 4.12. The van der Waals surface area contributed by atoms with E-state index in [-0.39, 0.29) is 14.8 Å². The molecule has 0 spiro atoms. The van der Waals surface area contributed by atoms with Crippen molar-refractivity contribution >= 4 is 24.8 Å². The topological polar surface area (TPSA) is 0 Å². The van der Waals surface area contributed by atoms with Crippen molar-refractivity contribution in [2.24, 2.45) is 0 Å². The van der Waals surface area contributed by atoms with Crippen molar-refractivity contribution in [3.05, 3.63) is 12.7 Å². The Morgan fingerprint density at radius 2 is 2.60 bits per heavy atom. The summed E-state index contributed by atoms with van der Waals surface area (Å²) in [5.41, 5.74) is 0. The molecule has 0 aliphatic carbocycles. The van der Waals surface area contributed by atoms with Crippen molar-refractivity contribution in [2.45, 2.75) is 5.21 Å². The first-order valence-corrected chi connectivity index (χ1v) is 5.60. The van der Waals surface area contributed by atoms with Crippen LogP contribution in [-0.4, -0.2) is 14.8 Å². The summed E-state index contributed by atoms with van der Waals surface area (Å²) in [5, 5.41) is 1.04. The van der Waals surface area contributed by atoms with Gasteiger partial charge in [-0.05, 0) is 0 Å². The number of hydrogen-bond donors (Lipinski definition) is 0. The van der Waals surface area contributed by atoms with Crippen molar-refractivity contribution in [3.8, 4) is 0 Å². The standard InChI is InChI=1S/C3H6AsCl/c1-2-3-4-5/h2,4H,1,3H2. The average molecular weight is 152 g/mol. The molecule has 30 valence electrons. The first-order chi connectivity index (χ1) is 2.41. The van der Waals surface area contributed by atoms with Gasteiger partial charge in [-0.2, -0.15) is 0 Å². The maximum absolute atomic E-state index is 5.36. The van der Waals surface area contributed by atoms with Gasteiger partial charge in [-0.1, -0.05) is 0 Å². The molecule has 0 amide bonds. The second-order valence-electron chi connectivity index (χ2n) is 0.626. The van der Waals surface area contributed by atoms with E-state index < -0.39 is 0 Å². The van der Waals surface area contributed by atoms with Crippen LogP contribution >= 0.6 is 9.95 Å². The van der Waals surface area contributed by atoms with Gasteiger partial charge in [0.15, 0.2) is 0 Å². The minimum absolute atomic E-state index is 0.139. The molecule has 0 nitrogen and oxygen atoms in total. The quantitative estimate of drug-likeness (QED) is 0.412. The van der Waals surface area contributed by atoms with Crippen LogP contribution in [0.25, 0.3) is 0 Å². The van der Waals surface area contributed by atoms with E-state index >= 15 is 0 Å². The van der Waals surface area contributed by atoms with Crippen LogP contribution < -0.4 is 0 Å². The number of allylic oxidation sites excluding steroid dienone is 1. The fourth-order valence-electron chi connectivity index (χ4n) is 0.0546. The van der Waals surface area contributed by atoms with Crippen LogP contribution in [0.4, 0.5) is 0 Å². The third-order valence-electron chi connectivity index (χ3n) is 0.221. The van der Waals surface area contributed by atoms with E-state index in [0.29, 0.717) is 0 Å². The van der Waals surface area contributed by atoms with Crippen LogP contribution in [0.1, 0.15) is 0 Å². The van der Waals surface area contributed by atoms with Gasteiger partial charge in [-0.25, -0.2) is 0 Å². The molecule has 0 rings (SSSR count). The maximum atomic E-state index is 5.36. The predicted molar refractivity (Wildman–Crippen MR) is 28.0 cm³/mol. The van der Waals surface area contributed by atoms with Crippen molar-refractivity contribution < 1.29 is 0 Å². The monoisotopic (exact) mass is 152 g/mol. The normalized spacial score (nSPS) is 9.80. The summed E-state index contributed by atoms with van der Waals surface area (Å²) >= 11 is -0.139. The van der Waals surface area contributed by atoms with Crippen molar-refractivity contribution in [1.29, 1.82) is 0 Å². The van der Waals surface area contributed by atoms with Crippen molar-refractivity contribution in [3.63, 3.8) is 0 Å². The molecule has 5 heavy (non-hydrogen) atoms. The molecule has 0 saturated carbocycles. The van der Waals surface area contributed by atoms with E-state index in [1.165, 1.54) is 0 Å². The molecule has 1 atom stereocenters. The van der Waals surface area contributed by atoms with Gasteiger partial charge in [0.25, 0.3) is 0 Å². The van der Waals surface area contributed by atoms with Crippen LogP contribution in [0.5, 0.6) is 0 Å². The zero-order valence-electron chi connectivity index (χ0n) is 2.87. The van der Waals surface area contributed by atoms with Gasteiger partial charge < -0.3 is 0 Å². The SMILES string of the molecule is C=CC[AsH]Cl. The molecule has 0 fully saturated rings. The van der Waals surface area contributed by atoms with Gasteiger partial charge in [0.2, 0.25) is 0 Å². The third kappa shape index (κ3) is 4.59. The molecule has 2 heteroatoms. The molecular formula is C3H6AsCl. The molecule has 0 aliphatic heterocycles. The van der Waals surface area contributed by atoms with E-state index in [1.807, 2.05) is 6.08 Å². The summed E-state index contributed by atoms with van der Waals surface area (Å²) < 4.78 is 0. The van der Waals surface area contributed by atoms with Crippen LogP contribution in [0, 0.1) is 0 Å². The Bertz CT molecular complexity index is 28.1. The zero-order valence-corrected chi connectivity index (χ0v) is 5.72. The molecule has 0 N–H and O–H groups in total. The molecule has 0 aromatic rings. The van der Waals surface area contributed by atoms with Gasteiger partial charge in [0.05, 0.1) is 0 Å². The molecule has 0 aliphatic rings. The summed E-state index contributed by atoms with van der Waals surface area (Å²) in [6, 6.07) is 0. The number of halogens is 1. The second kappa shape index (κ2) is 4.59. The van der Waals surface area contributed by atoms with Gasteiger partial charge >= 0.3 is 42.6 Å². The molecule has 0 bridgehead atoms. The van der Waals surface area contributed by atoms with E-state index in [2.05, 4.69) is 6.58 Å². The molecule has 0 radical (unpaired) electrons. The average Bonchev–Trinajstić information content (AvgIpc) is 1.41. The Kier molecular flexibility index (Phi) is 5.13. The molecule has 1 unspecified atom stereocenters. The van der Waals surface area contributed by atoms with E-state index in [4.69, 9.17) is 9.95 Å². The fraction of sp³-hybridized carbons (Fsp3) is 0.333. The molecule has 0 aromatic carbocycles. The Balaban J connectivity index is 2.40. The second-order valence-corrected chi connectivity index (χ2v) is 3.43. The van der Waals surface area contributed by atoms with Gasteiger partial charge in [0.1, 0.15) is 0 Å². The Morgan fingerprint density at radius 3 is 2.60 bits per heavy atom. The van der Waals surface area contributed by atoms with Crippen LogP contribution in [0.3, 0.4) is 0 Å². The van der Waals surface area contributed by atoms with Crippen molar-refractivity contribution in [1.82, 2.24) is 0 Å². The van der Waals surface area contributed by atoms with E-state index in [1.54, 1.807) is 0 Å². The molecular weight excluding hydrogens is 146 g/mol. The fourth-order valence-corrected chi connectivity index (χ4v) is 0.850.